The molecule has 4 heteroatoms. The molecule has 0 aliphatic heterocycles. The smallest absolute Gasteiger partial charge is 0.346 e. The van der Waals surface area contributed by atoms with E-state index in [-0.39, 0.29) is 0 Å². The maximum absolute atomic E-state index is 11.0. The van der Waals surface area contributed by atoms with Gasteiger partial charge in [-0.1, -0.05) is 19.3 Å². The van der Waals surface area contributed by atoms with E-state index >= 15 is 0 Å². The summed E-state index contributed by atoms with van der Waals surface area (Å²) in [7, 11) is 0. The first-order valence-electron chi connectivity index (χ1n) is 6.71. The molecule has 0 spiro atoms. The molecule has 1 aliphatic rings. The van der Waals surface area contributed by atoms with E-state index in [1.807, 2.05) is 11.4 Å². The predicted octanol–water partition coefficient (Wildman–Crippen LogP) is 3.50. The maximum atomic E-state index is 11.0. The Hall–Kier alpha value is -0.870. The van der Waals surface area contributed by atoms with Gasteiger partial charge in [0.1, 0.15) is 4.88 Å². The molecule has 0 amide bonds. The van der Waals surface area contributed by atoms with Crippen molar-refractivity contribution in [2.24, 2.45) is 5.92 Å². The van der Waals surface area contributed by atoms with Gasteiger partial charge in [-0.2, -0.15) is 0 Å². The summed E-state index contributed by atoms with van der Waals surface area (Å²) < 4.78 is 0. The lowest BCUT2D eigenvalue weighted by Crippen LogP contribution is -2.34. The Balaban J connectivity index is 1.86. The Labute approximate surface area is 112 Å². The van der Waals surface area contributed by atoms with Crippen LogP contribution in [0.5, 0.6) is 0 Å². The van der Waals surface area contributed by atoms with Crippen LogP contribution in [0.15, 0.2) is 11.4 Å². The standard InChI is InChI=1S/C14H21NO2S/c1-10(11-5-3-2-4-6-11)15-9-12-7-8-18-13(12)14(16)17/h7-8,10-11,15H,2-6,9H2,1H3,(H,16,17)/t10-/m1/s1. The normalized spacial score (nSPS) is 18.7. The summed E-state index contributed by atoms with van der Waals surface area (Å²) in [6.45, 7) is 2.89. The lowest BCUT2D eigenvalue weighted by Gasteiger charge is -2.28. The SMILES string of the molecule is C[C@@H](NCc1ccsc1C(=O)O)C1CCCCC1. The zero-order chi connectivity index (χ0) is 13.0. The van der Waals surface area contributed by atoms with Crippen LogP contribution in [0.3, 0.4) is 0 Å². The van der Waals surface area contributed by atoms with Crippen LogP contribution < -0.4 is 5.32 Å². The van der Waals surface area contributed by atoms with Crippen LogP contribution in [-0.2, 0) is 6.54 Å². The minimum Gasteiger partial charge on any atom is -0.477 e. The highest BCUT2D eigenvalue weighted by atomic mass is 32.1. The second kappa shape index (κ2) is 6.34. The second-order valence-corrected chi connectivity index (χ2v) is 6.06. The van der Waals surface area contributed by atoms with E-state index in [1.165, 1.54) is 43.4 Å². The monoisotopic (exact) mass is 267 g/mol. The summed E-state index contributed by atoms with van der Waals surface area (Å²) in [5, 5.41) is 14.4. The van der Waals surface area contributed by atoms with Crippen molar-refractivity contribution in [2.45, 2.75) is 51.6 Å². The van der Waals surface area contributed by atoms with Crippen molar-refractivity contribution in [3.8, 4) is 0 Å². The minimum absolute atomic E-state index is 0.471. The molecular formula is C14H21NO2S. The molecule has 0 aromatic carbocycles. The van der Waals surface area contributed by atoms with Crippen molar-refractivity contribution in [1.82, 2.24) is 5.32 Å². The molecule has 1 atom stereocenters. The number of carboxylic acid groups (broad SMARTS) is 1. The Bertz CT molecular complexity index is 396. The van der Waals surface area contributed by atoms with Crippen LogP contribution in [0.25, 0.3) is 0 Å². The van der Waals surface area contributed by atoms with E-state index in [0.29, 0.717) is 17.5 Å². The lowest BCUT2D eigenvalue weighted by atomic mass is 9.84. The largest absolute Gasteiger partial charge is 0.477 e. The highest BCUT2D eigenvalue weighted by Gasteiger charge is 2.20. The molecule has 0 radical (unpaired) electrons. The van der Waals surface area contributed by atoms with E-state index in [4.69, 9.17) is 5.11 Å². The van der Waals surface area contributed by atoms with Gasteiger partial charge in [0.15, 0.2) is 0 Å². The van der Waals surface area contributed by atoms with Gasteiger partial charge in [-0.15, -0.1) is 11.3 Å². The third-order valence-electron chi connectivity index (χ3n) is 3.91. The van der Waals surface area contributed by atoms with Crippen LogP contribution in [-0.4, -0.2) is 17.1 Å². The summed E-state index contributed by atoms with van der Waals surface area (Å²) >= 11 is 1.31. The molecule has 3 nitrogen and oxygen atoms in total. The van der Waals surface area contributed by atoms with Crippen LogP contribution in [0, 0.1) is 5.92 Å². The van der Waals surface area contributed by atoms with Gasteiger partial charge in [0.05, 0.1) is 0 Å². The van der Waals surface area contributed by atoms with E-state index in [1.54, 1.807) is 0 Å². The Morgan fingerprint density at radius 2 is 2.22 bits per heavy atom. The van der Waals surface area contributed by atoms with Gasteiger partial charge in [-0.05, 0) is 42.7 Å². The summed E-state index contributed by atoms with van der Waals surface area (Å²) in [6.07, 6.45) is 6.68. The third kappa shape index (κ3) is 3.33. The van der Waals surface area contributed by atoms with Crippen molar-refractivity contribution in [3.05, 3.63) is 21.9 Å². The molecule has 18 heavy (non-hydrogen) atoms. The first kappa shape index (κ1) is 13.6. The Kier molecular flexibility index (Phi) is 4.78. The molecule has 1 aromatic heterocycles. The molecule has 1 heterocycles. The van der Waals surface area contributed by atoms with Gasteiger partial charge in [-0.25, -0.2) is 4.79 Å². The number of thiophene rings is 1. The molecule has 0 saturated heterocycles. The van der Waals surface area contributed by atoms with Crippen LogP contribution in [0.1, 0.15) is 54.3 Å². The molecule has 1 aliphatic carbocycles. The Morgan fingerprint density at radius 3 is 2.89 bits per heavy atom. The second-order valence-electron chi connectivity index (χ2n) is 5.15. The zero-order valence-electron chi connectivity index (χ0n) is 10.8. The molecule has 0 bridgehead atoms. The topological polar surface area (TPSA) is 49.3 Å². The Morgan fingerprint density at radius 1 is 1.50 bits per heavy atom. The number of carbonyl (C=O) groups is 1. The zero-order valence-corrected chi connectivity index (χ0v) is 11.6. The van der Waals surface area contributed by atoms with Gasteiger partial charge in [0.25, 0.3) is 0 Å². The third-order valence-corrected chi connectivity index (χ3v) is 4.86. The van der Waals surface area contributed by atoms with Gasteiger partial charge in [0, 0.05) is 12.6 Å². The molecule has 2 N–H and O–H groups in total. The van der Waals surface area contributed by atoms with E-state index in [0.717, 1.165) is 11.5 Å². The molecule has 1 fully saturated rings. The highest BCUT2D eigenvalue weighted by molar-refractivity contribution is 7.12. The summed E-state index contributed by atoms with van der Waals surface area (Å²) in [5.74, 6) is -0.0576. The van der Waals surface area contributed by atoms with Crippen molar-refractivity contribution < 1.29 is 9.90 Å². The molecule has 0 unspecified atom stereocenters. The summed E-state index contributed by atoms with van der Waals surface area (Å²) in [6, 6.07) is 2.39. The molecular weight excluding hydrogens is 246 g/mol. The van der Waals surface area contributed by atoms with Gasteiger partial charge in [-0.3, -0.25) is 0 Å². The fourth-order valence-electron chi connectivity index (χ4n) is 2.73. The summed E-state index contributed by atoms with van der Waals surface area (Å²) in [5.41, 5.74) is 0.912. The van der Waals surface area contributed by atoms with E-state index in [9.17, 15) is 4.79 Å². The summed E-state index contributed by atoms with van der Waals surface area (Å²) in [4.78, 5) is 11.5. The van der Waals surface area contributed by atoms with Crippen molar-refractivity contribution >= 4 is 17.3 Å². The van der Waals surface area contributed by atoms with Crippen molar-refractivity contribution in [2.75, 3.05) is 0 Å². The predicted molar refractivity (Wildman–Crippen MR) is 74.2 cm³/mol. The van der Waals surface area contributed by atoms with Crippen LogP contribution in [0.4, 0.5) is 0 Å². The fraction of sp³-hybridized carbons (Fsp3) is 0.643. The minimum atomic E-state index is -0.813. The van der Waals surface area contributed by atoms with Gasteiger partial charge >= 0.3 is 5.97 Å². The van der Waals surface area contributed by atoms with Gasteiger partial charge < -0.3 is 10.4 Å². The lowest BCUT2D eigenvalue weighted by molar-refractivity contribution is 0.0701. The average Bonchev–Trinajstić information content (AvgIpc) is 2.85. The van der Waals surface area contributed by atoms with Crippen molar-refractivity contribution in [3.63, 3.8) is 0 Å². The first-order valence-corrected chi connectivity index (χ1v) is 7.59. The quantitative estimate of drug-likeness (QED) is 0.858. The van der Waals surface area contributed by atoms with Crippen LogP contribution in [0.2, 0.25) is 0 Å². The van der Waals surface area contributed by atoms with Gasteiger partial charge in [0.2, 0.25) is 0 Å². The number of carboxylic acids is 1. The number of rotatable bonds is 5. The van der Waals surface area contributed by atoms with E-state index in [2.05, 4.69) is 12.2 Å². The number of aromatic carboxylic acids is 1. The molecule has 1 saturated carbocycles. The molecule has 1 aromatic rings. The van der Waals surface area contributed by atoms with Crippen LogP contribution >= 0.6 is 11.3 Å². The van der Waals surface area contributed by atoms with Crippen molar-refractivity contribution in [1.29, 1.82) is 0 Å². The molecule has 2 rings (SSSR count). The number of hydrogen-bond acceptors (Lipinski definition) is 3. The first-order chi connectivity index (χ1) is 8.68. The number of hydrogen-bond donors (Lipinski definition) is 2. The number of nitrogens with one attached hydrogen (secondary N) is 1. The molecule has 100 valence electrons. The fourth-order valence-corrected chi connectivity index (χ4v) is 3.50. The average molecular weight is 267 g/mol. The highest BCUT2D eigenvalue weighted by Crippen LogP contribution is 2.26. The van der Waals surface area contributed by atoms with E-state index < -0.39 is 5.97 Å². The maximum Gasteiger partial charge on any atom is 0.346 e.